The summed E-state index contributed by atoms with van der Waals surface area (Å²) in [6.07, 6.45) is -5.20. The second-order valence-corrected chi connectivity index (χ2v) is 3.23. The van der Waals surface area contributed by atoms with E-state index < -0.39 is 12.6 Å². The Morgan fingerprint density at radius 3 is 2.69 bits per heavy atom. The van der Waals surface area contributed by atoms with Gasteiger partial charge in [0.1, 0.15) is 17.5 Å². The fourth-order valence-corrected chi connectivity index (χ4v) is 1.13. The molecule has 0 amide bonds. The van der Waals surface area contributed by atoms with Crippen molar-refractivity contribution in [3.05, 3.63) is 5.56 Å². The molecule has 1 heterocycles. The van der Waals surface area contributed by atoms with Gasteiger partial charge in [0.25, 0.3) is 0 Å². The molecule has 0 aliphatic carbocycles. The molecular formula is C8H10F3N5. The molecule has 1 aromatic heterocycles. The first-order valence-corrected chi connectivity index (χ1v) is 4.37. The lowest BCUT2D eigenvalue weighted by Gasteiger charge is -2.17. The van der Waals surface area contributed by atoms with E-state index in [4.69, 9.17) is 11.0 Å². The molecule has 88 valence electrons. The SMILES string of the molecule is CN(CCC(F)(F)F)c1n[nH]c(N)c1C#N. The zero-order valence-corrected chi connectivity index (χ0v) is 8.47. The Labute approximate surface area is 89.6 Å². The van der Waals surface area contributed by atoms with Gasteiger partial charge >= 0.3 is 6.18 Å². The van der Waals surface area contributed by atoms with E-state index in [9.17, 15) is 13.2 Å². The van der Waals surface area contributed by atoms with E-state index in [0.717, 1.165) is 0 Å². The topological polar surface area (TPSA) is 81.7 Å². The summed E-state index contributed by atoms with van der Waals surface area (Å²) >= 11 is 0. The normalized spacial score (nSPS) is 11.2. The number of nitrogens with zero attached hydrogens (tertiary/aromatic N) is 3. The molecule has 0 radical (unpaired) electrons. The number of nitrogens with two attached hydrogens (primary N) is 1. The minimum absolute atomic E-state index is 0.0522. The van der Waals surface area contributed by atoms with Crippen LogP contribution in [-0.2, 0) is 0 Å². The maximum atomic E-state index is 12.0. The molecule has 0 unspecified atom stereocenters. The number of nitrogens with one attached hydrogen (secondary N) is 1. The minimum Gasteiger partial charge on any atom is -0.383 e. The van der Waals surface area contributed by atoms with Crippen molar-refractivity contribution in [2.75, 3.05) is 24.2 Å². The summed E-state index contributed by atoms with van der Waals surface area (Å²) in [7, 11) is 1.42. The zero-order chi connectivity index (χ0) is 12.3. The van der Waals surface area contributed by atoms with Crippen LogP contribution in [0.25, 0.3) is 0 Å². The number of aromatic nitrogens is 2. The lowest BCUT2D eigenvalue weighted by Crippen LogP contribution is -2.24. The molecule has 0 saturated carbocycles. The quantitative estimate of drug-likeness (QED) is 0.823. The summed E-state index contributed by atoms with van der Waals surface area (Å²) < 4.78 is 35.9. The summed E-state index contributed by atoms with van der Waals surface area (Å²) in [6.45, 7) is -0.275. The Bertz CT molecular complexity index is 403. The maximum absolute atomic E-state index is 12.0. The van der Waals surface area contributed by atoms with Crippen molar-refractivity contribution in [1.29, 1.82) is 5.26 Å². The summed E-state index contributed by atoms with van der Waals surface area (Å²) in [6, 6.07) is 1.78. The number of nitriles is 1. The van der Waals surface area contributed by atoms with Crippen molar-refractivity contribution in [3.63, 3.8) is 0 Å². The third-order valence-electron chi connectivity index (χ3n) is 1.98. The summed E-state index contributed by atoms with van der Waals surface area (Å²) in [5, 5.41) is 14.7. The minimum atomic E-state index is -4.23. The lowest BCUT2D eigenvalue weighted by molar-refractivity contribution is -0.132. The van der Waals surface area contributed by atoms with Gasteiger partial charge in [-0.2, -0.15) is 23.5 Å². The van der Waals surface area contributed by atoms with Crippen molar-refractivity contribution in [3.8, 4) is 6.07 Å². The van der Waals surface area contributed by atoms with E-state index in [0.29, 0.717) is 0 Å². The number of hydrogen-bond acceptors (Lipinski definition) is 4. The Hall–Kier alpha value is -1.91. The summed E-state index contributed by atoms with van der Waals surface area (Å²) in [4.78, 5) is 1.24. The van der Waals surface area contributed by atoms with Gasteiger partial charge in [0.2, 0.25) is 0 Å². The molecule has 1 rings (SSSR count). The predicted octanol–water partition coefficient (Wildman–Crippen LogP) is 1.25. The van der Waals surface area contributed by atoms with Crippen molar-refractivity contribution >= 4 is 11.6 Å². The standard InChI is InChI=1S/C8H10F3N5/c1-16(3-2-8(9,10)11)7-5(4-12)6(13)14-15-7/h2-3H2,1H3,(H3,13,14,15). The van der Waals surface area contributed by atoms with Crippen molar-refractivity contribution < 1.29 is 13.2 Å². The van der Waals surface area contributed by atoms with Gasteiger partial charge in [-0.05, 0) is 0 Å². The summed E-state index contributed by atoms with van der Waals surface area (Å²) in [5.41, 5.74) is 5.44. The van der Waals surface area contributed by atoms with Crippen LogP contribution in [0.2, 0.25) is 0 Å². The molecule has 0 bridgehead atoms. The van der Waals surface area contributed by atoms with Crippen LogP contribution in [-0.4, -0.2) is 30.0 Å². The Morgan fingerprint density at radius 1 is 1.56 bits per heavy atom. The average Bonchev–Trinajstić information content (AvgIpc) is 2.54. The fourth-order valence-electron chi connectivity index (χ4n) is 1.13. The number of halogens is 3. The number of aromatic amines is 1. The Balaban J connectivity index is 2.74. The number of nitrogen functional groups attached to an aromatic ring is 1. The average molecular weight is 233 g/mol. The molecule has 0 fully saturated rings. The number of hydrogen-bond donors (Lipinski definition) is 2. The first-order valence-electron chi connectivity index (χ1n) is 4.37. The first kappa shape index (κ1) is 12.2. The van der Waals surface area contributed by atoms with Crippen LogP contribution in [0.15, 0.2) is 0 Å². The molecule has 0 atom stereocenters. The van der Waals surface area contributed by atoms with E-state index in [1.54, 1.807) is 6.07 Å². The molecule has 0 spiro atoms. The highest BCUT2D eigenvalue weighted by Gasteiger charge is 2.28. The Kier molecular flexibility index (Phi) is 3.27. The molecule has 0 saturated heterocycles. The highest BCUT2D eigenvalue weighted by Crippen LogP contribution is 2.24. The molecule has 5 nitrogen and oxygen atoms in total. The smallest absolute Gasteiger partial charge is 0.383 e. The zero-order valence-electron chi connectivity index (χ0n) is 8.47. The van der Waals surface area contributed by atoms with Crippen molar-refractivity contribution in [1.82, 2.24) is 10.2 Å². The van der Waals surface area contributed by atoms with Gasteiger partial charge in [-0.1, -0.05) is 0 Å². The van der Waals surface area contributed by atoms with Gasteiger partial charge in [-0.15, -0.1) is 0 Å². The van der Waals surface area contributed by atoms with E-state index in [2.05, 4.69) is 10.2 Å². The van der Waals surface area contributed by atoms with Gasteiger partial charge < -0.3 is 10.6 Å². The van der Waals surface area contributed by atoms with Crippen molar-refractivity contribution in [2.45, 2.75) is 12.6 Å². The van der Waals surface area contributed by atoms with Gasteiger partial charge in [0.05, 0.1) is 6.42 Å². The molecule has 0 aliphatic rings. The first-order chi connectivity index (χ1) is 7.35. The molecule has 8 heteroatoms. The third kappa shape index (κ3) is 2.79. The number of alkyl halides is 3. The van der Waals surface area contributed by atoms with Crippen LogP contribution >= 0.6 is 0 Å². The highest BCUT2D eigenvalue weighted by molar-refractivity contribution is 5.63. The molecule has 16 heavy (non-hydrogen) atoms. The van der Waals surface area contributed by atoms with Crippen LogP contribution in [0.1, 0.15) is 12.0 Å². The Morgan fingerprint density at radius 2 is 2.19 bits per heavy atom. The molecule has 0 aromatic carbocycles. The van der Waals surface area contributed by atoms with Gasteiger partial charge in [-0.25, -0.2) is 0 Å². The monoisotopic (exact) mass is 233 g/mol. The van der Waals surface area contributed by atoms with E-state index in [-0.39, 0.29) is 23.7 Å². The number of anilines is 2. The summed E-state index contributed by atoms with van der Waals surface area (Å²) in [5.74, 6) is 0.181. The highest BCUT2D eigenvalue weighted by atomic mass is 19.4. The fraction of sp³-hybridized carbons (Fsp3) is 0.500. The third-order valence-corrected chi connectivity index (χ3v) is 1.98. The van der Waals surface area contributed by atoms with E-state index in [1.807, 2.05) is 0 Å². The second-order valence-electron chi connectivity index (χ2n) is 3.23. The predicted molar refractivity (Wildman–Crippen MR) is 51.7 cm³/mol. The largest absolute Gasteiger partial charge is 0.390 e. The van der Waals surface area contributed by atoms with Gasteiger partial charge in [0.15, 0.2) is 5.82 Å². The number of rotatable bonds is 3. The van der Waals surface area contributed by atoms with Gasteiger partial charge in [0, 0.05) is 13.6 Å². The maximum Gasteiger partial charge on any atom is 0.390 e. The van der Waals surface area contributed by atoms with E-state index >= 15 is 0 Å². The van der Waals surface area contributed by atoms with Crippen LogP contribution < -0.4 is 10.6 Å². The molecule has 0 aliphatic heterocycles. The lowest BCUT2D eigenvalue weighted by atomic mass is 10.3. The molecule has 1 aromatic rings. The molecule has 3 N–H and O–H groups in total. The van der Waals surface area contributed by atoms with Crippen LogP contribution in [0.5, 0.6) is 0 Å². The van der Waals surface area contributed by atoms with E-state index in [1.165, 1.54) is 11.9 Å². The van der Waals surface area contributed by atoms with Crippen molar-refractivity contribution in [2.24, 2.45) is 0 Å². The van der Waals surface area contributed by atoms with Crippen LogP contribution in [0.4, 0.5) is 24.8 Å². The van der Waals surface area contributed by atoms with Gasteiger partial charge in [-0.3, -0.25) is 5.10 Å². The van der Waals surface area contributed by atoms with Crippen LogP contribution in [0.3, 0.4) is 0 Å². The molecular weight excluding hydrogens is 223 g/mol. The second kappa shape index (κ2) is 4.30. The van der Waals surface area contributed by atoms with Crippen LogP contribution in [0, 0.1) is 11.3 Å². The number of H-pyrrole nitrogens is 1.